The Labute approximate surface area is 409 Å². The van der Waals surface area contributed by atoms with E-state index in [4.69, 9.17) is 14.7 Å². The predicted octanol–water partition coefficient (Wildman–Crippen LogP) is 16.8. The maximum atomic E-state index is 6.76. The maximum absolute atomic E-state index is 6.76. The average molecular weight is 911 g/mol. The van der Waals surface area contributed by atoms with E-state index < -0.39 is 0 Å². The third-order valence-electron chi connectivity index (χ3n) is 13.9. The number of benzene rings is 8. The minimum atomic E-state index is 0.0946. The lowest BCUT2D eigenvalue weighted by Gasteiger charge is -2.21. The van der Waals surface area contributed by atoms with Gasteiger partial charge in [0.25, 0.3) is 0 Å². The van der Waals surface area contributed by atoms with Gasteiger partial charge < -0.3 is 19.9 Å². The van der Waals surface area contributed by atoms with Crippen molar-refractivity contribution in [3.63, 3.8) is 0 Å². The molecule has 0 fully saturated rings. The number of ether oxygens (including phenoxy) is 1. The van der Waals surface area contributed by atoms with Crippen LogP contribution in [0.2, 0.25) is 0 Å². The van der Waals surface area contributed by atoms with Gasteiger partial charge in [-0.15, -0.1) is 0 Å². The zero-order chi connectivity index (χ0) is 47.3. The first kappa shape index (κ1) is 42.9. The van der Waals surface area contributed by atoms with Gasteiger partial charge in [0.05, 0.1) is 39.1 Å². The number of hydrogen-bond donors (Lipinski definition) is 2. The number of aromatic nitrogens is 4. The molecule has 8 aromatic carbocycles. The third kappa shape index (κ3) is 8.03. The quantitative estimate of drug-likeness (QED) is 0.143. The standard InChI is InChI=1S/C63H54N6O/c1-41-35-61(64-40-53(41)44-28-30-45(31-29-44)63(2,3)4)69-57-26-12-11-23-51(57)52-33-32-48(37-58(52)69)70-47-22-15-21-46(36-47)65-54-38-56-59(68-34-14-13-27-60(68)66-56)39-55(54)67-62-49(42-17-7-5-8-18-42)24-16-25-50(62)43-19-9-6-10-20-43/h5-12,15-26,28-33,35-40,65,67H,13-14,27,34H2,1-4H3. The molecule has 12 rings (SSSR count). The molecule has 0 radical (unpaired) electrons. The molecule has 0 spiro atoms. The number of imidazole rings is 1. The van der Waals surface area contributed by atoms with Gasteiger partial charge in [0, 0.05) is 64.4 Å². The highest BCUT2D eigenvalue weighted by Gasteiger charge is 2.21. The third-order valence-corrected chi connectivity index (χ3v) is 13.9. The molecule has 1 aliphatic rings. The summed E-state index contributed by atoms with van der Waals surface area (Å²) in [5.41, 5.74) is 17.5. The van der Waals surface area contributed by atoms with Gasteiger partial charge >= 0.3 is 0 Å². The number of fused-ring (bicyclic) bond motifs is 6. The Morgan fingerprint density at radius 1 is 0.543 bits per heavy atom. The number of aryl methyl sites for hydroxylation is 3. The lowest BCUT2D eigenvalue weighted by atomic mass is 9.86. The Morgan fingerprint density at radius 2 is 1.21 bits per heavy atom. The Balaban J connectivity index is 0.898. The van der Waals surface area contributed by atoms with Gasteiger partial charge in [-0.1, -0.05) is 148 Å². The van der Waals surface area contributed by atoms with E-state index in [-0.39, 0.29) is 5.41 Å². The fourth-order valence-corrected chi connectivity index (χ4v) is 10.3. The van der Waals surface area contributed by atoms with Crippen LogP contribution in [0, 0.1) is 6.92 Å². The molecule has 1 aliphatic heterocycles. The summed E-state index contributed by atoms with van der Waals surface area (Å²) in [5, 5.41) is 10.1. The van der Waals surface area contributed by atoms with Crippen LogP contribution in [0.1, 0.15) is 50.6 Å². The van der Waals surface area contributed by atoms with E-state index >= 15 is 0 Å². The zero-order valence-electron chi connectivity index (χ0n) is 40.0. The SMILES string of the molecule is Cc1cc(-n2c3ccccc3c3ccc(Oc4cccc(Nc5cc6nc7n(c6cc5Nc5c(-c6ccccc6)cccc5-c5ccccc5)CCCC7)c4)cc32)ncc1-c1ccc(C(C)(C)C)cc1. The Hall–Kier alpha value is -8.42. The summed E-state index contributed by atoms with van der Waals surface area (Å²) in [6, 6.07) is 66.5. The van der Waals surface area contributed by atoms with Gasteiger partial charge in [-0.05, 0) is 102 Å². The number of para-hydroxylation sites is 2. The molecule has 0 atom stereocenters. The summed E-state index contributed by atoms with van der Waals surface area (Å²) < 4.78 is 11.4. The van der Waals surface area contributed by atoms with E-state index in [1.807, 2.05) is 18.3 Å². The summed E-state index contributed by atoms with van der Waals surface area (Å²) >= 11 is 0. The topological polar surface area (TPSA) is 68.9 Å². The fourth-order valence-electron chi connectivity index (χ4n) is 10.3. The van der Waals surface area contributed by atoms with Gasteiger partial charge in [0.15, 0.2) is 0 Å². The fraction of sp³-hybridized carbons (Fsp3) is 0.143. The second kappa shape index (κ2) is 17.6. The molecular formula is C63H54N6O. The van der Waals surface area contributed by atoms with E-state index in [0.29, 0.717) is 0 Å². The lowest BCUT2D eigenvalue weighted by Crippen LogP contribution is -2.10. The minimum Gasteiger partial charge on any atom is -0.457 e. The van der Waals surface area contributed by atoms with Crippen LogP contribution in [-0.2, 0) is 18.4 Å². The average Bonchev–Trinajstić information content (AvgIpc) is 3.91. The Bertz CT molecular complexity index is 3670. The predicted molar refractivity (Wildman–Crippen MR) is 291 cm³/mol. The summed E-state index contributed by atoms with van der Waals surface area (Å²) in [6.07, 6.45) is 5.30. The highest BCUT2D eigenvalue weighted by Crippen LogP contribution is 2.43. The van der Waals surface area contributed by atoms with Crippen molar-refractivity contribution in [2.45, 2.75) is 58.9 Å². The number of nitrogens with one attached hydrogen (secondary N) is 2. The number of anilines is 4. The summed E-state index contributed by atoms with van der Waals surface area (Å²) in [6.45, 7) is 9.88. The van der Waals surface area contributed by atoms with E-state index in [1.165, 1.54) is 16.5 Å². The molecule has 0 amide bonds. The van der Waals surface area contributed by atoms with Gasteiger partial charge in [0.1, 0.15) is 23.1 Å². The van der Waals surface area contributed by atoms with Gasteiger partial charge in [-0.3, -0.25) is 4.57 Å². The molecule has 0 aliphatic carbocycles. The molecule has 11 aromatic rings. The van der Waals surface area contributed by atoms with Crippen molar-refractivity contribution in [1.29, 1.82) is 0 Å². The first-order chi connectivity index (χ1) is 34.2. The Kier molecular flexibility index (Phi) is 10.8. The molecule has 3 aromatic heterocycles. The molecule has 2 N–H and O–H groups in total. The van der Waals surface area contributed by atoms with Gasteiger partial charge in [-0.2, -0.15) is 0 Å². The van der Waals surface area contributed by atoms with Crippen LogP contribution >= 0.6 is 0 Å². The van der Waals surface area contributed by atoms with Crippen molar-refractivity contribution in [2.75, 3.05) is 10.6 Å². The number of nitrogens with zero attached hydrogens (tertiary/aromatic N) is 4. The van der Waals surface area contributed by atoms with Crippen LogP contribution in [0.4, 0.5) is 22.7 Å². The highest BCUT2D eigenvalue weighted by molar-refractivity contribution is 6.09. The van der Waals surface area contributed by atoms with Crippen molar-refractivity contribution in [3.05, 3.63) is 211 Å². The van der Waals surface area contributed by atoms with E-state index in [0.717, 1.165) is 133 Å². The van der Waals surface area contributed by atoms with Crippen molar-refractivity contribution in [2.24, 2.45) is 0 Å². The molecule has 0 unspecified atom stereocenters. The van der Waals surface area contributed by atoms with Crippen LogP contribution in [0.15, 0.2) is 194 Å². The molecule has 0 saturated carbocycles. The molecule has 7 heteroatoms. The maximum Gasteiger partial charge on any atom is 0.137 e. The van der Waals surface area contributed by atoms with Crippen molar-refractivity contribution >= 4 is 55.6 Å². The van der Waals surface area contributed by atoms with Crippen molar-refractivity contribution in [1.82, 2.24) is 19.1 Å². The summed E-state index contributed by atoms with van der Waals surface area (Å²) in [4.78, 5) is 10.3. The molecular weight excluding hydrogens is 857 g/mol. The first-order valence-corrected chi connectivity index (χ1v) is 24.4. The highest BCUT2D eigenvalue weighted by atomic mass is 16.5. The Morgan fingerprint density at radius 3 is 1.96 bits per heavy atom. The number of hydrogen-bond acceptors (Lipinski definition) is 5. The smallest absolute Gasteiger partial charge is 0.137 e. The van der Waals surface area contributed by atoms with E-state index in [2.05, 4.69) is 223 Å². The van der Waals surface area contributed by atoms with Gasteiger partial charge in [-0.25, -0.2) is 9.97 Å². The largest absolute Gasteiger partial charge is 0.457 e. The molecule has 0 saturated heterocycles. The first-order valence-electron chi connectivity index (χ1n) is 24.4. The number of pyridine rings is 1. The minimum absolute atomic E-state index is 0.0946. The van der Waals surface area contributed by atoms with Crippen molar-refractivity contribution < 1.29 is 4.74 Å². The van der Waals surface area contributed by atoms with Crippen LogP contribution in [0.25, 0.3) is 72.0 Å². The van der Waals surface area contributed by atoms with Crippen LogP contribution in [-0.4, -0.2) is 19.1 Å². The number of rotatable bonds is 10. The molecule has 4 heterocycles. The zero-order valence-corrected chi connectivity index (χ0v) is 40.0. The summed E-state index contributed by atoms with van der Waals surface area (Å²) in [5.74, 6) is 3.47. The monoisotopic (exact) mass is 910 g/mol. The van der Waals surface area contributed by atoms with Crippen LogP contribution < -0.4 is 15.4 Å². The molecule has 7 nitrogen and oxygen atoms in total. The molecule has 70 heavy (non-hydrogen) atoms. The molecule has 0 bridgehead atoms. The van der Waals surface area contributed by atoms with Crippen molar-refractivity contribution in [3.8, 4) is 50.7 Å². The second-order valence-corrected chi connectivity index (χ2v) is 19.6. The second-order valence-electron chi connectivity index (χ2n) is 19.6. The lowest BCUT2D eigenvalue weighted by molar-refractivity contribution is 0.483. The van der Waals surface area contributed by atoms with Crippen LogP contribution in [0.5, 0.6) is 11.5 Å². The van der Waals surface area contributed by atoms with Gasteiger partial charge in [0.2, 0.25) is 0 Å². The molecule has 342 valence electrons. The van der Waals surface area contributed by atoms with E-state index in [1.54, 1.807) is 0 Å². The summed E-state index contributed by atoms with van der Waals surface area (Å²) in [7, 11) is 0. The van der Waals surface area contributed by atoms with Crippen LogP contribution in [0.3, 0.4) is 0 Å². The normalized spacial score (nSPS) is 12.6. The van der Waals surface area contributed by atoms with E-state index in [9.17, 15) is 0 Å².